The van der Waals surface area contributed by atoms with Crippen molar-refractivity contribution in [3.63, 3.8) is 0 Å². The number of imidazole rings is 1. The standard InChI is InChI=1S/C14H19N2O4P/c1-10-5-4-6-13(11(10)2)12(3)14-7-16(8-15-14)9-20-21(17,18)19/h4-8,12H,9H2,1-3H3,(H2,17,18,19)/t12-/m0/s1. The molecule has 1 heterocycles. The highest BCUT2D eigenvalue weighted by Crippen LogP contribution is 2.36. The minimum Gasteiger partial charge on any atom is -0.313 e. The van der Waals surface area contributed by atoms with E-state index in [9.17, 15) is 4.57 Å². The predicted molar refractivity (Wildman–Crippen MR) is 78.8 cm³/mol. The quantitative estimate of drug-likeness (QED) is 0.829. The average molecular weight is 310 g/mol. The number of nitrogens with zero attached hydrogens (tertiary/aromatic N) is 2. The van der Waals surface area contributed by atoms with Crippen molar-refractivity contribution in [3.05, 3.63) is 53.1 Å². The monoisotopic (exact) mass is 310 g/mol. The maximum atomic E-state index is 10.7. The molecular weight excluding hydrogens is 291 g/mol. The molecule has 1 atom stereocenters. The van der Waals surface area contributed by atoms with Crippen molar-refractivity contribution in [2.24, 2.45) is 0 Å². The van der Waals surface area contributed by atoms with Gasteiger partial charge in [0.1, 0.15) is 6.73 Å². The number of aromatic nitrogens is 2. The van der Waals surface area contributed by atoms with Gasteiger partial charge < -0.3 is 14.4 Å². The number of phosphoric acid groups is 1. The van der Waals surface area contributed by atoms with E-state index in [4.69, 9.17) is 9.79 Å². The fourth-order valence-electron chi connectivity index (χ4n) is 2.22. The van der Waals surface area contributed by atoms with E-state index in [1.165, 1.54) is 27.6 Å². The molecule has 6 nitrogen and oxygen atoms in total. The summed E-state index contributed by atoms with van der Waals surface area (Å²) in [5.74, 6) is 0.0983. The Hall–Kier alpha value is -1.46. The minimum atomic E-state index is -4.47. The molecule has 1 aromatic heterocycles. The van der Waals surface area contributed by atoms with E-state index in [-0.39, 0.29) is 12.6 Å². The molecule has 0 amide bonds. The highest BCUT2D eigenvalue weighted by atomic mass is 31.2. The number of benzene rings is 1. The third kappa shape index (κ3) is 4.02. The zero-order chi connectivity index (χ0) is 15.6. The van der Waals surface area contributed by atoms with Crippen molar-refractivity contribution in [1.29, 1.82) is 0 Å². The Morgan fingerprint density at radius 2 is 2.10 bits per heavy atom. The number of rotatable bonds is 5. The van der Waals surface area contributed by atoms with Crippen LogP contribution in [-0.2, 0) is 15.8 Å². The zero-order valence-corrected chi connectivity index (χ0v) is 13.1. The molecule has 2 aromatic rings. The second-order valence-corrected chi connectivity index (χ2v) is 6.31. The van der Waals surface area contributed by atoms with Crippen molar-refractivity contribution >= 4 is 7.82 Å². The van der Waals surface area contributed by atoms with Crippen LogP contribution in [0, 0.1) is 13.8 Å². The molecule has 0 saturated heterocycles. The first kappa shape index (κ1) is 15.9. The van der Waals surface area contributed by atoms with Crippen molar-refractivity contribution < 1.29 is 18.9 Å². The zero-order valence-electron chi connectivity index (χ0n) is 12.2. The first-order chi connectivity index (χ1) is 9.78. The Morgan fingerprint density at radius 1 is 1.38 bits per heavy atom. The molecule has 0 aliphatic carbocycles. The highest BCUT2D eigenvalue weighted by Gasteiger charge is 2.16. The highest BCUT2D eigenvalue weighted by molar-refractivity contribution is 7.46. The minimum absolute atomic E-state index is 0.0983. The predicted octanol–water partition coefficient (Wildman–Crippen LogP) is 2.72. The molecule has 2 N–H and O–H groups in total. The lowest BCUT2D eigenvalue weighted by Crippen LogP contribution is -2.01. The van der Waals surface area contributed by atoms with Gasteiger partial charge in [0.2, 0.25) is 0 Å². The van der Waals surface area contributed by atoms with Gasteiger partial charge in [-0.1, -0.05) is 25.1 Å². The number of hydrogen-bond donors (Lipinski definition) is 2. The van der Waals surface area contributed by atoms with Crippen molar-refractivity contribution in [1.82, 2.24) is 9.55 Å². The fourth-order valence-corrected chi connectivity index (χ4v) is 2.50. The molecule has 2 rings (SSSR count). The molecule has 0 aliphatic heterocycles. The van der Waals surface area contributed by atoms with E-state index in [0.29, 0.717) is 0 Å². The molecule has 0 radical (unpaired) electrons. The smallest absolute Gasteiger partial charge is 0.313 e. The summed E-state index contributed by atoms with van der Waals surface area (Å²) >= 11 is 0. The molecule has 0 spiro atoms. The lowest BCUT2D eigenvalue weighted by atomic mass is 9.92. The van der Waals surface area contributed by atoms with Crippen molar-refractivity contribution in [2.75, 3.05) is 0 Å². The van der Waals surface area contributed by atoms with Crippen LogP contribution >= 0.6 is 7.82 Å². The van der Waals surface area contributed by atoms with Gasteiger partial charge in [0.25, 0.3) is 0 Å². The summed E-state index contributed by atoms with van der Waals surface area (Å²) in [5.41, 5.74) is 4.48. The van der Waals surface area contributed by atoms with Gasteiger partial charge in [-0.15, -0.1) is 0 Å². The van der Waals surface area contributed by atoms with Crippen LogP contribution in [0.1, 0.15) is 35.2 Å². The second-order valence-electron chi connectivity index (χ2n) is 5.07. The molecule has 0 saturated carbocycles. The van der Waals surface area contributed by atoms with Gasteiger partial charge in [0.05, 0.1) is 12.0 Å². The Bertz CT molecular complexity index is 677. The summed E-state index contributed by atoms with van der Waals surface area (Å²) < 4.78 is 16.6. The van der Waals surface area contributed by atoms with E-state index >= 15 is 0 Å². The topological polar surface area (TPSA) is 84.6 Å². The number of phosphoric ester groups is 1. The van der Waals surface area contributed by atoms with Crippen LogP contribution in [0.3, 0.4) is 0 Å². The van der Waals surface area contributed by atoms with Crippen LogP contribution in [-0.4, -0.2) is 19.3 Å². The van der Waals surface area contributed by atoms with E-state index in [1.807, 2.05) is 6.07 Å². The fraction of sp³-hybridized carbons (Fsp3) is 0.357. The van der Waals surface area contributed by atoms with Gasteiger partial charge in [-0.3, -0.25) is 4.52 Å². The largest absolute Gasteiger partial charge is 0.471 e. The van der Waals surface area contributed by atoms with Crippen molar-refractivity contribution in [2.45, 2.75) is 33.4 Å². The lowest BCUT2D eigenvalue weighted by Gasteiger charge is -2.14. The van der Waals surface area contributed by atoms with Crippen LogP contribution < -0.4 is 0 Å². The first-order valence-corrected chi connectivity index (χ1v) is 8.09. The molecular formula is C14H19N2O4P. The summed E-state index contributed by atoms with van der Waals surface area (Å²) in [6.45, 7) is 5.97. The Labute approximate surface area is 123 Å². The SMILES string of the molecule is Cc1cccc([C@H](C)c2cn(COP(=O)(O)O)cn2)c1C. The maximum absolute atomic E-state index is 10.7. The Kier molecular flexibility index (Phi) is 4.64. The van der Waals surface area contributed by atoms with Gasteiger partial charge in [0, 0.05) is 12.1 Å². The van der Waals surface area contributed by atoms with Gasteiger partial charge in [-0.25, -0.2) is 9.55 Å². The molecule has 0 unspecified atom stereocenters. The number of hydrogen-bond acceptors (Lipinski definition) is 3. The summed E-state index contributed by atoms with van der Waals surface area (Å²) in [6, 6.07) is 6.15. The van der Waals surface area contributed by atoms with Crippen LogP contribution in [0.25, 0.3) is 0 Å². The molecule has 0 fully saturated rings. The molecule has 0 bridgehead atoms. The van der Waals surface area contributed by atoms with Crippen molar-refractivity contribution in [3.8, 4) is 0 Å². The lowest BCUT2D eigenvalue weighted by molar-refractivity contribution is 0.153. The van der Waals surface area contributed by atoms with E-state index in [2.05, 4.69) is 42.4 Å². The molecule has 1 aromatic carbocycles. The summed E-state index contributed by atoms with van der Waals surface area (Å²) in [4.78, 5) is 21.7. The van der Waals surface area contributed by atoms with Crippen LogP contribution in [0.15, 0.2) is 30.7 Å². The van der Waals surface area contributed by atoms with Gasteiger partial charge in [-0.2, -0.15) is 0 Å². The summed E-state index contributed by atoms with van der Waals surface area (Å²) in [6.07, 6.45) is 3.24. The normalized spacial score (nSPS) is 13.4. The molecule has 21 heavy (non-hydrogen) atoms. The Balaban J connectivity index is 2.17. The first-order valence-electron chi connectivity index (χ1n) is 6.56. The van der Waals surface area contributed by atoms with Gasteiger partial charge in [0.15, 0.2) is 0 Å². The maximum Gasteiger partial charge on any atom is 0.471 e. The van der Waals surface area contributed by atoms with E-state index in [1.54, 1.807) is 6.20 Å². The molecule has 114 valence electrons. The third-order valence-electron chi connectivity index (χ3n) is 3.58. The molecule has 0 aliphatic rings. The third-order valence-corrected chi connectivity index (χ3v) is 4.04. The molecule has 7 heteroatoms. The van der Waals surface area contributed by atoms with E-state index < -0.39 is 7.82 Å². The second kappa shape index (κ2) is 6.12. The van der Waals surface area contributed by atoms with Crippen LogP contribution in [0.2, 0.25) is 0 Å². The van der Waals surface area contributed by atoms with E-state index in [0.717, 1.165) is 5.69 Å². The van der Waals surface area contributed by atoms with Crippen LogP contribution in [0.4, 0.5) is 0 Å². The van der Waals surface area contributed by atoms with Crippen LogP contribution in [0.5, 0.6) is 0 Å². The summed E-state index contributed by atoms with van der Waals surface area (Å²) in [7, 11) is -4.47. The average Bonchev–Trinajstić information content (AvgIpc) is 2.87. The Morgan fingerprint density at radius 3 is 2.76 bits per heavy atom. The number of aryl methyl sites for hydroxylation is 1. The van der Waals surface area contributed by atoms with Gasteiger partial charge >= 0.3 is 7.82 Å². The summed E-state index contributed by atoms with van der Waals surface area (Å²) in [5, 5.41) is 0. The van der Waals surface area contributed by atoms with Gasteiger partial charge in [-0.05, 0) is 30.5 Å².